The van der Waals surface area contributed by atoms with Crippen LogP contribution in [0.2, 0.25) is 0 Å². The van der Waals surface area contributed by atoms with E-state index in [0.29, 0.717) is 22.7 Å². The third-order valence-electron chi connectivity index (χ3n) is 4.23. The first-order valence-corrected chi connectivity index (χ1v) is 9.09. The van der Waals surface area contributed by atoms with E-state index in [1.54, 1.807) is 67.3 Å². The largest absolute Gasteiger partial charge is 0.497 e. The third-order valence-corrected chi connectivity index (χ3v) is 4.23. The van der Waals surface area contributed by atoms with Crippen molar-refractivity contribution in [3.8, 4) is 11.4 Å². The molecule has 0 atom stereocenters. The number of benzene rings is 2. The van der Waals surface area contributed by atoms with Crippen molar-refractivity contribution in [1.29, 1.82) is 0 Å². The van der Waals surface area contributed by atoms with Crippen LogP contribution in [0.15, 0.2) is 60.8 Å². The van der Waals surface area contributed by atoms with Gasteiger partial charge in [-0.25, -0.2) is 9.18 Å². The molecule has 0 spiro atoms. The van der Waals surface area contributed by atoms with E-state index in [1.165, 1.54) is 12.1 Å². The summed E-state index contributed by atoms with van der Waals surface area (Å²) in [5.74, 6) is -0.654. The van der Waals surface area contributed by atoms with Gasteiger partial charge in [0.2, 0.25) is 5.91 Å². The number of anilines is 1. The molecule has 2 aromatic carbocycles. The molecule has 0 unspecified atom stereocenters. The summed E-state index contributed by atoms with van der Waals surface area (Å²) in [6.45, 7) is 1.91. The Morgan fingerprint density at radius 3 is 2.52 bits per heavy atom. The van der Waals surface area contributed by atoms with E-state index in [9.17, 15) is 14.0 Å². The average Bonchev–Trinajstić information content (AvgIpc) is 3.11. The average molecular weight is 396 g/mol. The van der Waals surface area contributed by atoms with Crippen molar-refractivity contribution in [1.82, 2.24) is 4.57 Å². The van der Waals surface area contributed by atoms with Gasteiger partial charge in [-0.05, 0) is 55.0 Å². The van der Waals surface area contributed by atoms with Crippen molar-refractivity contribution >= 4 is 17.6 Å². The zero-order valence-corrected chi connectivity index (χ0v) is 16.1. The van der Waals surface area contributed by atoms with Gasteiger partial charge in [0.05, 0.1) is 25.8 Å². The number of carbonyl (C=O) groups excluding carboxylic acids is 2. The molecule has 0 saturated carbocycles. The van der Waals surface area contributed by atoms with Gasteiger partial charge in [0.25, 0.3) is 0 Å². The molecule has 0 aliphatic carbocycles. The topological polar surface area (TPSA) is 69.6 Å². The molecule has 150 valence electrons. The molecular formula is C22H21FN2O4. The smallest absolute Gasteiger partial charge is 0.357 e. The van der Waals surface area contributed by atoms with E-state index < -0.39 is 11.8 Å². The van der Waals surface area contributed by atoms with Crippen molar-refractivity contribution in [2.75, 3.05) is 19.0 Å². The standard InChI is InChI=1S/C22H21FN2O4/c1-3-29-22(27)21-19(24-20(26)14-15-5-4-6-16(23)13-15)11-12-25(21)17-7-9-18(28-2)10-8-17/h4-13H,3,14H2,1-2H3,(H,24,26). The highest BCUT2D eigenvalue weighted by Crippen LogP contribution is 2.24. The van der Waals surface area contributed by atoms with Gasteiger partial charge in [-0.2, -0.15) is 0 Å². The maximum absolute atomic E-state index is 13.3. The van der Waals surface area contributed by atoms with E-state index in [1.807, 2.05) is 0 Å². The Morgan fingerprint density at radius 1 is 1.10 bits per heavy atom. The minimum atomic E-state index is -0.561. The Hall–Kier alpha value is -3.61. The van der Waals surface area contributed by atoms with Crippen LogP contribution < -0.4 is 10.1 Å². The normalized spacial score (nSPS) is 10.4. The second-order valence-electron chi connectivity index (χ2n) is 6.22. The van der Waals surface area contributed by atoms with Crippen molar-refractivity contribution in [2.24, 2.45) is 0 Å². The molecule has 7 heteroatoms. The van der Waals surface area contributed by atoms with E-state index in [2.05, 4.69) is 5.32 Å². The lowest BCUT2D eigenvalue weighted by Crippen LogP contribution is -2.18. The molecule has 1 amide bonds. The van der Waals surface area contributed by atoms with Crippen LogP contribution in [-0.4, -0.2) is 30.2 Å². The van der Waals surface area contributed by atoms with Crippen LogP contribution in [0.1, 0.15) is 23.0 Å². The minimum absolute atomic E-state index is 0.0201. The first-order valence-electron chi connectivity index (χ1n) is 9.09. The van der Waals surface area contributed by atoms with Crippen molar-refractivity contribution in [2.45, 2.75) is 13.3 Å². The maximum Gasteiger partial charge on any atom is 0.357 e. The molecule has 29 heavy (non-hydrogen) atoms. The van der Waals surface area contributed by atoms with Crippen LogP contribution in [0, 0.1) is 5.82 Å². The quantitative estimate of drug-likeness (QED) is 0.614. The molecule has 1 N–H and O–H groups in total. The van der Waals surface area contributed by atoms with Crippen LogP contribution in [0.25, 0.3) is 5.69 Å². The van der Waals surface area contributed by atoms with Gasteiger partial charge < -0.3 is 19.4 Å². The molecule has 1 aromatic heterocycles. The number of rotatable bonds is 7. The highest BCUT2D eigenvalue weighted by molar-refractivity contribution is 6.01. The molecule has 3 aromatic rings. The fraction of sp³-hybridized carbons (Fsp3) is 0.182. The number of halogens is 1. The zero-order valence-electron chi connectivity index (χ0n) is 16.1. The highest BCUT2D eigenvalue weighted by Gasteiger charge is 2.21. The highest BCUT2D eigenvalue weighted by atomic mass is 19.1. The lowest BCUT2D eigenvalue weighted by molar-refractivity contribution is -0.115. The Bertz CT molecular complexity index is 1010. The molecule has 1 heterocycles. The molecule has 0 fully saturated rings. The molecule has 6 nitrogen and oxygen atoms in total. The van der Waals surface area contributed by atoms with Gasteiger partial charge in [0, 0.05) is 11.9 Å². The minimum Gasteiger partial charge on any atom is -0.497 e. The third kappa shape index (κ3) is 4.82. The first-order chi connectivity index (χ1) is 14.0. The lowest BCUT2D eigenvalue weighted by Gasteiger charge is -2.12. The van der Waals surface area contributed by atoms with E-state index in [0.717, 1.165) is 0 Å². The maximum atomic E-state index is 13.3. The van der Waals surface area contributed by atoms with Gasteiger partial charge in [0.15, 0.2) is 5.69 Å². The molecule has 0 aliphatic heterocycles. The van der Waals surface area contributed by atoms with Crippen LogP contribution in [0.5, 0.6) is 5.75 Å². The van der Waals surface area contributed by atoms with Crippen LogP contribution in [0.4, 0.5) is 10.1 Å². The summed E-state index contributed by atoms with van der Waals surface area (Å²) in [6.07, 6.45) is 1.65. The number of aromatic nitrogens is 1. The van der Waals surface area contributed by atoms with Crippen LogP contribution in [-0.2, 0) is 16.0 Å². The number of ether oxygens (including phenoxy) is 2. The fourth-order valence-electron chi connectivity index (χ4n) is 2.93. The zero-order chi connectivity index (χ0) is 20.8. The number of hydrogen-bond acceptors (Lipinski definition) is 4. The molecule has 0 saturated heterocycles. The number of methoxy groups -OCH3 is 1. The number of hydrogen-bond donors (Lipinski definition) is 1. The Kier molecular flexibility index (Phi) is 6.29. The predicted octanol–water partition coefficient (Wildman–Crippen LogP) is 3.98. The summed E-state index contributed by atoms with van der Waals surface area (Å²) in [4.78, 5) is 25.0. The molecule has 0 aliphatic rings. The second-order valence-corrected chi connectivity index (χ2v) is 6.22. The van der Waals surface area contributed by atoms with Gasteiger partial charge >= 0.3 is 5.97 Å². The predicted molar refractivity (Wildman–Crippen MR) is 107 cm³/mol. The summed E-state index contributed by atoms with van der Waals surface area (Å²) in [6, 6.07) is 14.6. The molecule has 0 radical (unpaired) electrons. The molecule has 3 rings (SSSR count). The summed E-state index contributed by atoms with van der Waals surface area (Å²) >= 11 is 0. The molecular weight excluding hydrogens is 375 g/mol. The number of esters is 1. The monoisotopic (exact) mass is 396 g/mol. The first kappa shape index (κ1) is 20.1. The second kappa shape index (κ2) is 9.05. The van der Waals surface area contributed by atoms with Crippen molar-refractivity contribution in [3.63, 3.8) is 0 Å². The SMILES string of the molecule is CCOC(=O)c1c(NC(=O)Cc2cccc(F)c2)ccn1-c1ccc(OC)cc1. The van der Waals surface area contributed by atoms with Gasteiger partial charge in [0.1, 0.15) is 11.6 Å². The van der Waals surface area contributed by atoms with Crippen molar-refractivity contribution < 1.29 is 23.5 Å². The van der Waals surface area contributed by atoms with E-state index >= 15 is 0 Å². The van der Waals surface area contributed by atoms with Gasteiger partial charge in [-0.3, -0.25) is 4.79 Å². The van der Waals surface area contributed by atoms with Crippen molar-refractivity contribution in [3.05, 3.63) is 77.9 Å². The molecule has 0 bridgehead atoms. The van der Waals surface area contributed by atoms with E-state index in [4.69, 9.17) is 9.47 Å². The Morgan fingerprint density at radius 2 is 1.86 bits per heavy atom. The lowest BCUT2D eigenvalue weighted by atomic mass is 10.1. The Labute approximate surface area is 167 Å². The number of nitrogens with one attached hydrogen (secondary N) is 1. The number of amides is 1. The summed E-state index contributed by atoms with van der Waals surface area (Å²) < 4.78 is 25.3. The van der Waals surface area contributed by atoms with Gasteiger partial charge in [-0.15, -0.1) is 0 Å². The number of carbonyl (C=O) groups is 2. The van der Waals surface area contributed by atoms with Crippen LogP contribution in [0.3, 0.4) is 0 Å². The summed E-state index contributed by atoms with van der Waals surface area (Å²) in [5.41, 5.74) is 1.76. The van der Waals surface area contributed by atoms with Crippen LogP contribution >= 0.6 is 0 Å². The number of nitrogens with zero attached hydrogens (tertiary/aromatic N) is 1. The van der Waals surface area contributed by atoms with E-state index in [-0.39, 0.29) is 24.6 Å². The summed E-state index contributed by atoms with van der Waals surface area (Å²) in [5, 5.41) is 2.72. The van der Waals surface area contributed by atoms with Gasteiger partial charge in [-0.1, -0.05) is 12.1 Å². The Balaban J connectivity index is 1.88. The summed E-state index contributed by atoms with van der Waals surface area (Å²) in [7, 11) is 1.57. The fourth-order valence-corrected chi connectivity index (χ4v) is 2.93.